The van der Waals surface area contributed by atoms with Gasteiger partial charge in [-0.15, -0.1) is 0 Å². The Morgan fingerprint density at radius 3 is 2.45 bits per heavy atom. The van der Waals surface area contributed by atoms with Gasteiger partial charge >= 0.3 is 0 Å². The highest BCUT2D eigenvalue weighted by Crippen LogP contribution is 2.31. The SMILES string of the molecule is Cc1ccc(NC(=O)C(C)C)cc1NC(=O)c1ccc2c(c1)CCN2S(C)(=O)=O. The zero-order chi connectivity index (χ0) is 21.3. The van der Waals surface area contributed by atoms with Gasteiger partial charge in [-0.2, -0.15) is 0 Å². The van der Waals surface area contributed by atoms with E-state index in [1.807, 2.05) is 26.8 Å². The molecule has 2 aromatic rings. The monoisotopic (exact) mass is 415 g/mol. The second kappa shape index (κ2) is 7.87. The number of hydrogen-bond donors (Lipinski definition) is 2. The summed E-state index contributed by atoms with van der Waals surface area (Å²) in [5.41, 5.74) is 3.99. The van der Waals surface area contributed by atoms with Gasteiger partial charge in [-0.05, 0) is 54.8 Å². The molecule has 0 atom stereocenters. The molecule has 1 aliphatic rings. The minimum Gasteiger partial charge on any atom is -0.326 e. The average molecular weight is 416 g/mol. The van der Waals surface area contributed by atoms with Crippen molar-refractivity contribution in [3.63, 3.8) is 0 Å². The summed E-state index contributed by atoms with van der Waals surface area (Å²) in [7, 11) is -3.33. The Hall–Kier alpha value is -2.87. The summed E-state index contributed by atoms with van der Waals surface area (Å²) >= 11 is 0. The van der Waals surface area contributed by atoms with E-state index >= 15 is 0 Å². The maximum Gasteiger partial charge on any atom is 0.255 e. The lowest BCUT2D eigenvalue weighted by Crippen LogP contribution is -2.27. The van der Waals surface area contributed by atoms with Gasteiger partial charge in [-0.1, -0.05) is 19.9 Å². The Morgan fingerprint density at radius 2 is 1.79 bits per heavy atom. The molecule has 2 N–H and O–H groups in total. The number of sulfonamides is 1. The van der Waals surface area contributed by atoms with Gasteiger partial charge < -0.3 is 10.6 Å². The predicted molar refractivity (Wildman–Crippen MR) is 115 cm³/mol. The molecule has 2 amide bonds. The van der Waals surface area contributed by atoms with Crippen LogP contribution in [-0.2, 0) is 21.2 Å². The maximum absolute atomic E-state index is 12.8. The van der Waals surface area contributed by atoms with Crippen molar-refractivity contribution in [3.05, 3.63) is 53.1 Å². The lowest BCUT2D eigenvalue weighted by atomic mass is 10.1. The third-order valence-electron chi connectivity index (χ3n) is 4.87. The number of amides is 2. The Morgan fingerprint density at radius 1 is 1.07 bits per heavy atom. The molecule has 0 saturated carbocycles. The molecular formula is C21H25N3O4S. The van der Waals surface area contributed by atoms with Crippen LogP contribution in [0.1, 0.15) is 35.3 Å². The Balaban J connectivity index is 1.80. The summed E-state index contributed by atoms with van der Waals surface area (Å²) < 4.78 is 25.1. The highest BCUT2D eigenvalue weighted by Gasteiger charge is 2.26. The van der Waals surface area contributed by atoms with Crippen molar-refractivity contribution in [2.45, 2.75) is 27.2 Å². The highest BCUT2D eigenvalue weighted by atomic mass is 32.2. The Kier molecular flexibility index (Phi) is 5.66. The molecule has 0 saturated heterocycles. The average Bonchev–Trinajstić information content (AvgIpc) is 3.07. The van der Waals surface area contributed by atoms with Gasteiger partial charge in [-0.3, -0.25) is 13.9 Å². The Labute approximate surface area is 171 Å². The zero-order valence-electron chi connectivity index (χ0n) is 16.9. The Bertz CT molecular complexity index is 1080. The van der Waals surface area contributed by atoms with Crippen LogP contribution < -0.4 is 14.9 Å². The standard InChI is InChI=1S/C21H25N3O4S/c1-13(2)20(25)22-17-7-5-14(3)18(12-17)23-21(26)16-6-8-19-15(11-16)9-10-24(19)29(4,27)28/h5-8,11-13H,9-10H2,1-4H3,(H,22,25)(H,23,26). The first-order valence-electron chi connectivity index (χ1n) is 9.40. The fraction of sp³-hybridized carbons (Fsp3) is 0.333. The topological polar surface area (TPSA) is 95.6 Å². The summed E-state index contributed by atoms with van der Waals surface area (Å²) in [6, 6.07) is 10.4. The smallest absolute Gasteiger partial charge is 0.255 e. The minimum absolute atomic E-state index is 0.0971. The normalized spacial score (nSPS) is 13.3. The van der Waals surface area contributed by atoms with E-state index in [1.54, 1.807) is 30.3 Å². The first-order valence-corrected chi connectivity index (χ1v) is 11.2. The largest absolute Gasteiger partial charge is 0.326 e. The van der Waals surface area contributed by atoms with E-state index in [9.17, 15) is 18.0 Å². The number of aryl methyl sites for hydroxylation is 1. The van der Waals surface area contributed by atoms with E-state index in [2.05, 4.69) is 10.6 Å². The van der Waals surface area contributed by atoms with Gasteiger partial charge in [0.15, 0.2) is 0 Å². The summed E-state index contributed by atoms with van der Waals surface area (Å²) in [6.07, 6.45) is 1.75. The second-order valence-electron chi connectivity index (χ2n) is 7.56. The number of nitrogens with zero attached hydrogens (tertiary/aromatic N) is 1. The van der Waals surface area contributed by atoms with E-state index in [0.29, 0.717) is 35.6 Å². The molecule has 0 spiro atoms. The van der Waals surface area contributed by atoms with Crippen LogP contribution in [0.5, 0.6) is 0 Å². The molecule has 3 rings (SSSR count). The van der Waals surface area contributed by atoms with Crippen LogP contribution in [0.25, 0.3) is 0 Å². The van der Waals surface area contributed by atoms with Crippen LogP contribution >= 0.6 is 0 Å². The quantitative estimate of drug-likeness (QED) is 0.784. The van der Waals surface area contributed by atoms with Gasteiger partial charge in [0.05, 0.1) is 11.9 Å². The maximum atomic E-state index is 12.8. The molecule has 2 aromatic carbocycles. The number of anilines is 3. The molecule has 29 heavy (non-hydrogen) atoms. The molecule has 8 heteroatoms. The van der Waals surface area contributed by atoms with Gasteiger partial charge in [-0.25, -0.2) is 8.42 Å². The summed E-state index contributed by atoms with van der Waals surface area (Å²) in [4.78, 5) is 24.7. The number of benzene rings is 2. The van der Waals surface area contributed by atoms with E-state index in [4.69, 9.17) is 0 Å². The summed E-state index contributed by atoms with van der Waals surface area (Å²) in [6.45, 7) is 5.88. The molecular weight excluding hydrogens is 390 g/mol. The first-order chi connectivity index (χ1) is 13.6. The van der Waals surface area contributed by atoms with Crippen LogP contribution in [-0.4, -0.2) is 33.0 Å². The molecule has 0 aliphatic carbocycles. The lowest BCUT2D eigenvalue weighted by molar-refractivity contribution is -0.118. The highest BCUT2D eigenvalue weighted by molar-refractivity contribution is 7.92. The van der Waals surface area contributed by atoms with Gasteiger partial charge in [0.1, 0.15) is 0 Å². The molecule has 0 bridgehead atoms. The minimum atomic E-state index is -3.33. The molecule has 0 radical (unpaired) electrons. The molecule has 0 aromatic heterocycles. The molecule has 0 fully saturated rings. The van der Waals surface area contributed by atoms with E-state index < -0.39 is 10.0 Å². The van der Waals surface area contributed by atoms with E-state index in [0.717, 1.165) is 11.1 Å². The van der Waals surface area contributed by atoms with Gasteiger partial charge in [0.2, 0.25) is 15.9 Å². The molecule has 1 heterocycles. The third kappa shape index (κ3) is 4.59. The molecule has 1 aliphatic heterocycles. The summed E-state index contributed by atoms with van der Waals surface area (Å²) in [5, 5.41) is 5.70. The fourth-order valence-corrected chi connectivity index (χ4v) is 4.13. The molecule has 7 nitrogen and oxygen atoms in total. The first kappa shape index (κ1) is 20.9. The number of hydrogen-bond acceptors (Lipinski definition) is 4. The molecule has 154 valence electrons. The van der Waals surface area contributed by atoms with Crippen molar-refractivity contribution in [3.8, 4) is 0 Å². The second-order valence-corrected chi connectivity index (χ2v) is 9.46. The number of nitrogens with one attached hydrogen (secondary N) is 2. The van der Waals surface area contributed by atoms with Crippen molar-refractivity contribution in [1.82, 2.24) is 0 Å². The van der Waals surface area contributed by atoms with Crippen molar-refractivity contribution >= 4 is 38.9 Å². The molecule has 0 unspecified atom stereocenters. The summed E-state index contributed by atoms with van der Waals surface area (Å²) in [5.74, 6) is -0.534. The predicted octanol–water partition coefficient (Wildman–Crippen LogP) is 3.16. The van der Waals surface area contributed by atoms with Crippen LogP contribution in [0, 0.1) is 12.8 Å². The van der Waals surface area contributed by atoms with Crippen molar-refractivity contribution in [2.75, 3.05) is 27.7 Å². The van der Waals surface area contributed by atoms with Crippen molar-refractivity contribution < 1.29 is 18.0 Å². The van der Waals surface area contributed by atoms with Crippen molar-refractivity contribution in [1.29, 1.82) is 0 Å². The van der Waals surface area contributed by atoms with Gasteiger partial charge in [0.25, 0.3) is 5.91 Å². The number of rotatable bonds is 5. The van der Waals surface area contributed by atoms with Crippen LogP contribution in [0.2, 0.25) is 0 Å². The zero-order valence-corrected chi connectivity index (χ0v) is 17.8. The van der Waals surface area contributed by atoms with Crippen LogP contribution in [0.3, 0.4) is 0 Å². The van der Waals surface area contributed by atoms with Crippen LogP contribution in [0.4, 0.5) is 17.1 Å². The lowest BCUT2D eigenvalue weighted by Gasteiger charge is -2.16. The van der Waals surface area contributed by atoms with Crippen LogP contribution in [0.15, 0.2) is 36.4 Å². The van der Waals surface area contributed by atoms with E-state index in [1.165, 1.54) is 10.6 Å². The van der Waals surface area contributed by atoms with E-state index in [-0.39, 0.29) is 17.7 Å². The van der Waals surface area contributed by atoms with Gasteiger partial charge in [0, 0.05) is 29.4 Å². The number of carbonyl (C=O) groups is 2. The number of fused-ring (bicyclic) bond motifs is 1. The van der Waals surface area contributed by atoms with Crippen molar-refractivity contribution in [2.24, 2.45) is 5.92 Å². The fourth-order valence-electron chi connectivity index (χ4n) is 3.17. The third-order valence-corrected chi connectivity index (χ3v) is 6.05. The number of carbonyl (C=O) groups excluding carboxylic acids is 2.